The van der Waals surface area contributed by atoms with Crippen LogP contribution in [0.5, 0.6) is 0 Å². The summed E-state index contributed by atoms with van der Waals surface area (Å²) in [6, 6.07) is 14.4. The maximum atomic E-state index is 12.6. The van der Waals surface area contributed by atoms with Gasteiger partial charge < -0.3 is 10.6 Å². The van der Waals surface area contributed by atoms with Crippen LogP contribution in [0.1, 0.15) is 27.0 Å². The molecule has 0 saturated heterocycles. The highest BCUT2D eigenvalue weighted by Gasteiger charge is 2.29. The Bertz CT molecular complexity index is 1060. The van der Waals surface area contributed by atoms with Crippen molar-refractivity contribution in [3.05, 3.63) is 101 Å². The third-order valence-corrected chi connectivity index (χ3v) is 4.28. The number of carbonyl (C=O) groups is 2. The smallest absolute Gasteiger partial charge is 0.348 e. The summed E-state index contributed by atoms with van der Waals surface area (Å²) >= 11 is 0. The second kappa shape index (κ2) is 9.71. The van der Waals surface area contributed by atoms with Crippen LogP contribution < -0.4 is 10.6 Å². The van der Waals surface area contributed by atoms with Gasteiger partial charge in [0.25, 0.3) is 5.91 Å². The molecule has 158 valence electrons. The molecule has 2 N–H and O–H groups in total. The van der Waals surface area contributed by atoms with E-state index in [9.17, 15) is 22.8 Å². The Morgan fingerprint density at radius 1 is 0.903 bits per heavy atom. The molecule has 1 heterocycles. The zero-order chi connectivity index (χ0) is 22.3. The summed E-state index contributed by atoms with van der Waals surface area (Å²) in [4.78, 5) is 28.1. The molecule has 0 unspecified atom stereocenters. The molecule has 0 aliphatic heterocycles. The SMILES string of the molecule is O=C(C=Cc1ccncc1)Nc1ccc(C(=O)NCc2ccc(C(F)(F)F)cc2)cc1. The molecule has 2 aromatic carbocycles. The van der Waals surface area contributed by atoms with Gasteiger partial charge in [-0.25, -0.2) is 0 Å². The van der Waals surface area contributed by atoms with Crippen molar-refractivity contribution in [1.29, 1.82) is 0 Å². The molecule has 5 nitrogen and oxygen atoms in total. The predicted octanol–water partition coefficient (Wildman–Crippen LogP) is 4.68. The number of nitrogens with one attached hydrogen (secondary N) is 2. The van der Waals surface area contributed by atoms with Gasteiger partial charge in [-0.2, -0.15) is 13.2 Å². The van der Waals surface area contributed by atoms with E-state index in [1.807, 2.05) is 0 Å². The highest BCUT2D eigenvalue weighted by Crippen LogP contribution is 2.29. The average molecular weight is 425 g/mol. The van der Waals surface area contributed by atoms with E-state index in [1.54, 1.807) is 54.9 Å². The van der Waals surface area contributed by atoms with Crippen LogP contribution in [0.2, 0.25) is 0 Å². The fraction of sp³-hybridized carbons (Fsp3) is 0.0870. The van der Waals surface area contributed by atoms with Crippen molar-refractivity contribution in [2.24, 2.45) is 0 Å². The summed E-state index contributed by atoms with van der Waals surface area (Å²) in [6.07, 6.45) is 1.89. The van der Waals surface area contributed by atoms with E-state index in [-0.39, 0.29) is 18.4 Å². The van der Waals surface area contributed by atoms with Crippen LogP contribution in [-0.2, 0) is 17.5 Å². The number of alkyl halides is 3. The van der Waals surface area contributed by atoms with Crippen LogP contribution in [0.25, 0.3) is 6.08 Å². The van der Waals surface area contributed by atoms with Gasteiger partial charge in [-0.3, -0.25) is 14.6 Å². The fourth-order valence-corrected chi connectivity index (χ4v) is 2.63. The summed E-state index contributed by atoms with van der Waals surface area (Å²) in [5.41, 5.74) is 1.52. The van der Waals surface area contributed by atoms with Gasteiger partial charge in [-0.1, -0.05) is 12.1 Å². The van der Waals surface area contributed by atoms with E-state index < -0.39 is 11.7 Å². The molecular formula is C23H18F3N3O2. The minimum Gasteiger partial charge on any atom is -0.348 e. The first-order valence-corrected chi connectivity index (χ1v) is 9.25. The molecule has 31 heavy (non-hydrogen) atoms. The number of nitrogens with zero attached hydrogens (tertiary/aromatic N) is 1. The number of hydrogen-bond donors (Lipinski definition) is 2. The minimum atomic E-state index is -4.40. The molecule has 0 aliphatic rings. The lowest BCUT2D eigenvalue weighted by molar-refractivity contribution is -0.137. The maximum Gasteiger partial charge on any atom is 0.416 e. The Morgan fingerprint density at radius 2 is 1.55 bits per heavy atom. The van der Waals surface area contributed by atoms with Gasteiger partial charge in [0.05, 0.1) is 5.56 Å². The van der Waals surface area contributed by atoms with Gasteiger partial charge in [0.15, 0.2) is 0 Å². The van der Waals surface area contributed by atoms with Crippen molar-refractivity contribution < 1.29 is 22.8 Å². The van der Waals surface area contributed by atoms with Crippen LogP contribution in [0.4, 0.5) is 18.9 Å². The Kier molecular flexibility index (Phi) is 6.81. The van der Waals surface area contributed by atoms with Crippen LogP contribution in [0.3, 0.4) is 0 Å². The number of amides is 2. The van der Waals surface area contributed by atoms with Gasteiger partial charge in [0, 0.05) is 36.3 Å². The largest absolute Gasteiger partial charge is 0.416 e. The molecule has 0 bridgehead atoms. The summed E-state index contributed by atoms with van der Waals surface area (Å²) in [7, 11) is 0. The summed E-state index contributed by atoms with van der Waals surface area (Å²) in [6.45, 7) is 0.0925. The first-order valence-electron chi connectivity index (χ1n) is 9.25. The van der Waals surface area contributed by atoms with Crippen molar-refractivity contribution in [2.75, 3.05) is 5.32 Å². The van der Waals surface area contributed by atoms with Crippen molar-refractivity contribution in [2.45, 2.75) is 12.7 Å². The molecule has 8 heteroatoms. The average Bonchev–Trinajstić information content (AvgIpc) is 2.77. The first kappa shape index (κ1) is 21.8. The van der Waals surface area contributed by atoms with Crippen LogP contribution >= 0.6 is 0 Å². The number of aromatic nitrogens is 1. The van der Waals surface area contributed by atoms with E-state index in [0.29, 0.717) is 16.8 Å². The lowest BCUT2D eigenvalue weighted by atomic mass is 10.1. The molecular weight excluding hydrogens is 407 g/mol. The maximum absolute atomic E-state index is 12.6. The van der Waals surface area contributed by atoms with E-state index in [1.165, 1.54) is 18.2 Å². The van der Waals surface area contributed by atoms with Crippen LogP contribution in [0, 0.1) is 0 Å². The number of rotatable bonds is 6. The highest BCUT2D eigenvalue weighted by molar-refractivity contribution is 6.02. The quantitative estimate of drug-likeness (QED) is 0.564. The van der Waals surface area contributed by atoms with Gasteiger partial charge in [0.1, 0.15) is 0 Å². The molecule has 0 atom stereocenters. The number of benzene rings is 2. The van der Waals surface area contributed by atoms with E-state index >= 15 is 0 Å². The van der Waals surface area contributed by atoms with Crippen molar-refractivity contribution in [3.63, 3.8) is 0 Å². The molecule has 1 aromatic heterocycles. The van der Waals surface area contributed by atoms with Gasteiger partial charge in [-0.15, -0.1) is 0 Å². The number of halogens is 3. The Hall–Kier alpha value is -3.94. The summed E-state index contributed by atoms with van der Waals surface area (Å²) in [5, 5.41) is 5.34. The first-order chi connectivity index (χ1) is 14.8. The summed E-state index contributed by atoms with van der Waals surface area (Å²) < 4.78 is 37.8. The second-order valence-electron chi connectivity index (χ2n) is 6.56. The standard InChI is InChI=1S/C23H18F3N3O2/c24-23(25,26)19-6-1-17(2-7-19)15-28-22(31)18-4-8-20(9-5-18)29-21(30)10-3-16-11-13-27-14-12-16/h1-14H,15H2,(H,28,31)(H,29,30). The van der Waals surface area contributed by atoms with E-state index in [2.05, 4.69) is 15.6 Å². The van der Waals surface area contributed by atoms with E-state index in [4.69, 9.17) is 0 Å². The highest BCUT2D eigenvalue weighted by atomic mass is 19.4. The topological polar surface area (TPSA) is 71.1 Å². The number of carbonyl (C=O) groups excluding carboxylic acids is 2. The van der Waals surface area contributed by atoms with Crippen molar-refractivity contribution in [1.82, 2.24) is 10.3 Å². The predicted molar refractivity (Wildman–Crippen MR) is 111 cm³/mol. The monoisotopic (exact) mass is 425 g/mol. The van der Waals surface area contributed by atoms with Crippen molar-refractivity contribution >= 4 is 23.6 Å². The van der Waals surface area contributed by atoms with Crippen molar-refractivity contribution in [3.8, 4) is 0 Å². The van der Waals surface area contributed by atoms with E-state index in [0.717, 1.165) is 17.7 Å². The molecule has 3 rings (SSSR count). The van der Waals surface area contributed by atoms with Gasteiger partial charge in [-0.05, 0) is 65.7 Å². The normalized spacial score (nSPS) is 11.3. The van der Waals surface area contributed by atoms with Gasteiger partial charge >= 0.3 is 6.18 Å². The number of hydrogen-bond acceptors (Lipinski definition) is 3. The molecule has 0 spiro atoms. The van der Waals surface area contributed by atoms with Crippen LogP contribution in [0.15, 0.2) is 79.1 Å². The molecule has 0 aliphatic carbocycles. The minimum absolute atomic E-state index is 0.0925. The second-order valence-corrected chi connectivity index (χ2v) is 6.56. The molecule has 0 fully saturated rings. The number of pyridine rings is 1. The molecule has 0 saturated carbocycles. The molecule has 3 aromatic rings. The lowest BCUT2D eigenvalue weighted by Gasteiger charge is -2.09. The Labute approximate surface area is 176 Å². The lowest BCUT2D eigenvalue weighted by Crippen LogP contribution is -2.22. The van der Waals surface area contributed by atoms with Crippen LogP contribution in [-0.4, -0.2) is 16.8 Å². The zero-order valence-electron chi connectivity index (χ0n) is 16.2. The zero-order valence-corrected chi connectivity index (χ0v) is 16.2. The Balaban J connectivity index is 1.51. The molecule has 2 amide bonds. The third kappa shape index (κ3) is 6.53. The van der Waals surface area contributed by atoms with Gasteiger partial charge in [0.2, 0.25) is 5.91 Å². The summed E-state index contributed by atoms with van der Waals surface area (Å²) in [5.74, 6) is -0.702. The number of anilines is 1. The third-order valence-electron chi connectivity index (χ3n) is 4.28. The fourth-order valence-electron chi connectivity index (χ4n) is 2.63. The molecule has 0 radical (unpaired) electrons. The Morgan fingerprint density at radius 3 is 2.16 bits per heavy atom.